The van der Waals surface area contributed by atoms with E-state index in [1.54, 1.807) is 0 Å². The highest BCUT2D eigenvalue weighted by Gasteiger charge is 2.38. The molecule has 160 valence electrons. The van der Waals surface area contributed by atoms with Gasteiger partial charge in [-0.25, -0.2) is 0 Å². The fraction of sp³-hybridized carbons (Fsp3) is 0.571. The molecule has 0 unspecified atom stereocenters. The van der Waals surface area contributed by atoms with E-state index in [1.807, 2.05) is 0 Å². The zero-order valence-corrected chi connectivity index (χ0v) is 20.4. The van der Waals surface area contributed by atoms with Crippen LogP contribution in [0.3, 0.4) is 0 Å². The van der Waals surface area contributed by atoms with E-state index in [0.717, 1.165) is 12.8 Å². The van der Waals surface area contributed by atoms with Crippen molar-refractivity contribution in [3.8, 4) is 0 Å². The molecule has 0 bridgehead atoms. The largest absolute Gasteiger partial charge is 0.370 e. The first-order valence-electron chi connectivity index (χ1n) is 11.0. The fourth-order valence-electron chi connectivity index (χ4n) is 5.16. The molecule has 2 aromatic rings. The lowest BCUT2D eigenvalue weighted by molar-refractivity contribution is -0.141. The molecule has 0 radical (unpaired) electrons. The van der Waals surface area contributed by atoms with Crippen LogP contribution in [0, 0.1) is 13.8 Å². The number of hydrogen-bond acceptors (Lipinski definition) is 1. The molecule has 0 aliphatic rings. The van der Waals surface area contributed by atoms with Gasteiger partial charge in [-0.05, 0) is 76.3 Å². The molecule has 0 saturated carbocycles. The molecule has 1 heteroatoms. The Morgan fingerprint density at radius 1 is 0.517 bits per heavy atom. The lowest BCUT2D eigenvalue weighted by Crippen LogP contribution is -2.43. The second-order valence-electron chi connectivity index (χ2n) is 11.5. The van der Waals surface area contributed by atoms with E-state index in [-0.39, 0.29) is 22.0 Å². The van der Waals surface area contributed by atoms with Gasteiger partial charge in [0.1, 0.15) is 0 Å². The van der Waals surface area contributed by atoms with Gasteiger partial charge in [0.15, 0.2) is 0 Å². The number of ether oxygens (including phenoxy) is 1. The Morgan fingerprint density at radius 3 is 1.07 bits per heavy atom. The van der Waals surface area contributed by atoms with E-state index >= 15 is 0 Å². The Balaban J connectivity index is 2.12. The molecule has 0 amide bonds. The maximum Gasteiger partial charge on any atom is 0.0642 e. The van der Waals surface area contributed by atoms with Crippen molar-refractivity contribution in [3.63, 3.8) is 0 Å². The van der Waals surface area contributed by atoms with Crippen molar-refractivity contribution in [3.05, 3.63) is 70.8 Å². The molecule has 0 aromatic heterocycles. The molecular formula is C28H42O. The van der Waals surface area contributed by atoms with Gasteiger partial charge < -0.3 is 4.74 Å². The second-order valence-corrected chi connectivity index (χ2v) is 11.5. The predicted octanol–water partition coefficient (Wildman–Crippen LogP) is 7.91. The van der Waals surface area contributed by atoms with Crippen LogP contribution in [0.25, 0.3) is 0 Å². The Labute approximate surface area is 179 Å². The molecule has 0 atom stereocenters. The summed E-state index contributed by atoms with van der Waals surface area (Å²) in [4.78, 5) is 0. The van der Waals surface area contributed by atoms with Crippen LogP contribution in [-0.2, 0) is 15.6 Å². The van der Waals surface area contributed by atoms with Crippen molar-refractivity contribution in [2.45, 2.75) is 104 Å². The summed E-state index contributed by atoms with van der Waals surface area (Å²) in [5.74, 6) is 0. The smallest absolute Gasteiger partial charge is 0.0642 e. The molecule has 0 aliphatic heterocycles. The topological polar surface area (TPSA) is 9.23 Å². The van der Waals surface area contributed by atoms with Gasteiger partial charge >= 0.3 is 0 Å². The zero-order valence-electron chi connectivity index (χ0n) is 20.4. The van der Waals surface area contributed by atoms with Gasteiger partial charge in [-0.1, -0.05) is 87.4 Å². The van der Waals surface area contributed by atoms with E-state index in [1.165, 1.54) is 22.3 Å². The molecule has 0 heterocycles. The molecule has 2 aromatic carbocycles. The van der Waals surface area contributed by atoms with E-state index in [0.29, 0.717) is 0 Å². The molecule has 0 aliphatic carbocycles. The van der Waals surface area contributed by atoms with E-state index < -0.39 is 0 Å². The summed E-state index contributed by atoms with van der Waals surface area (Å²) >= 11 is 0. The first-order chi connectivity index (χ1) is 13.1. The minimum Gasteiger partial charge on any atom is -0.370 e. The van der Waals surface area contributed by atoms with Crippen molar-refractivity contribution in [2.75, 3.05) is 0 Å². The Bertz CT molecular complexity index is 720. The maximum absolute atomic E-state index is 6.79. The third-order valence-corrected chi connectivity index (χ3v) is 5.95. The highest BCUT2D eigenvalue weighted by atomic mass is 16.5. The van der Waals surface area contributed by atoms with Crippen LogP contribution in [0.4, 0.5) is 0 Å². The van der Waals surface area contributed by atoms with Crippen molar-refractivity contribution in [1.82, 2.24) is 0 Å². The summed E-state index contributed by atoms with van der Waals surface area (Å²) in [5.41, 5.74) is 5.02. The van der Waals surface area contributed by atoms with E-state index in [4.69, 9.17) is 4.74 Å². The molecule has 0 fully saturated rings. The SMILES string of the molecule is Cc1ccc(C(C)(C)CC(C)(C)OC(C)(C)CC(C)(C)c2ccc(C)cc2)cc1. The highest BCUT2D eigenvalue weighted by Crippen LogP contribution is 2.40. The Kier molecular flexibility index (Phi) is 6.75. The van der Waals surface area contributed by atoms with Gasteiger partial charge in [0, 0.05) is 0 Å². The van der Waals surface area contributed by atoms with Crippen molar-refractivity contribution in [1.29, 1.82) is 0 Å². The van der Waals surface area contributed by atoms with Crippen LogP contribution in [0.15, 0.2) is 48.5 Å². The summed E-state index contributed by atoms with van der Waals surface area (Å²) in [6, 6.07) is 17.9. The van der Waals surface area contributed by atoms with Gasteiger partial charge in [-0.3, -0.25) is 0 Å². The van der Waals surface area contributed by atoms with Crippen LogP contribution in [0.2, 0.25) is 0 Å². The molecule has 2 rings (SSSR count). The van der Waals surface area contributed by atoms with Gasteiger partial charge in [0.2, 0.25) is 0 Å². The van der Waals surface area contributed by atoms with Crippen LogP contribution < -0.4 is 0 Å². The van der Waals surface area contributed by atoms with Crippen LogP contribution >= 0.6 is 0 Å². The summed E-state index contributed by atoms with van der Waals surface area (Å²) in [6.45, 7) is 22.5. The summed E-state index contributed by atoms with van der Waals surface area (Å²) in [5, 5.41) is 0. The first kappa shape index (κ1) is 23.7. The quantitative estimate of drug-likeness (QED) is 0.442. The molecule has 0 spiro atoms. The maximum atomic E-state index is 6.79. The average molecular weight is 395 g/mol. The first-order valence-corrected chi connectivity index (χ1v) is 11.0. The van der Waals surface area contributed by atoms with Gasteiger partial charge in [-0.15, -0.1) is 0 Å². The van der Waals surface area contributed by atoms with Crippen LogP contribution in [-0.4, -0.2) is 11.2 Å². The second kappa shape index (κ2) is 8.26. The third-order valence-electron chi connectivity index (χ3n) is 5.95. The lowest BCUT2D eigenvalue weighted by Gasteiger charge is -2.43. The summed E-state index contributed by atoms with van der Waals surface area (Å²) < 4.78 is 6.79. The Morgan fingerprint density at radius 2 is 0.793 bits per heavy atom. The summed E-state index contributed by atoms with van der Waals surface area (Å²) in [6.07, 6.45) is 1.94. The Hall–Kier alpha value is -1.60. The summed E-state index contributed by atoms with van der Waals surface area (Å²) in [7, 11) is 0. The monoisotopic (exact) mass is 394 g/mol. The minimum absolute atomic E-state index is 0.0553. The highest BCUT2D eigenvalue weighted by molar-refractivity contribution is 5.29. The lowest BCUT2D eigenvalue weighted by atomic mass is 9.74. The van der Waals surface area contributed by atoms with Crippen molar-refractivity contribution >= 4 is 0 Å². The number of rotatable bonds is 8. The predicted molar refractivity (Wildman–Crippen MR) is 127 cm³/mol. The van der Waals surface area contributed by atoms with E-state index in [2.05, 4.69) is 118 Å². The standard InChI is InChI=1S/C28H42O/c1-21-11-15-23(16-12-21)25(3,4)19-27(7,8)29-28(9,10)20-26(5,6)24-17-13-22(2)14-18-24/h11-18H,19-20H2,1-10H3. The van der Waals surface area contributed by atoms with Crippen molar-refractivity contribution < 1.29 is 4.74 Å². The fourth-order valence-corrected chi connectivity index (χ4v) is 5.16. The van der Waals surface area contributed by atoms with Crippen molar-refractivity contribution in [2.24, 2.45) is 0 Å². The zero-order chi connectivity index (χ0) is 22.1. The number of aryl methyl sites for hydroxylation is 2. The van der Waals surface area contributed by atoms with E-state index in [9.17, 15) is 0 Å². The number of hydrogen-bond donors (Lipinski definition) is 0. The van der Waals surface area contributed by atoms with Crippen LogP contribution in [0.1, 0.15) is 90.5 Å². The molecule has 0 saturated heterocycles. The van der Waals surface area contributed by atoms with Gasteiger partial charge in [0.05, 0.1) is 11.2 Å². The number of benzene rings is 2. The third kappa shape index (κ3) is 6.71. The van der Waals surface area contributed by atoms with Gasteiger partial charge in [0.25, 0.3) is 0 Å². The molecular weight excluding hydrogens is 352 g/mol. The normalized spacial score (nSPS) is 13.6. The minimum atomic E-state index is -0.221. The van der Waals surface area contributed by atoms with Crippen LogP contribution in [0.5, 0.6) is 0 Å². The average Bonchev–Trinajstić information content (AvgIpc) is 2.52. The molecule has 1 nitrogen and oxygen atoms in total. The molecule has 0 N–H and O–H groups in total. The van der Waals surface area contributed by atoms with Gasteiger partial charge in [-0.2, -0.15) is 0 Å². The molecule has 29 heavy (non-hydrogen) atoms.